The molecule has 16 heavy (non-hydrogen) atoms. The number of urea groups is 1. The van der Waals surface area contributed by atoms with Crippen molar-refractivity contribution in [1.29, 1.82) is 0 Å². The Kier molecular flexibility index (Phi) is 6.02. The molecule has 0 saturated carbocycles. The Morgan fingerprint density at radius 2 is 2.50 bits per heavy atom. The van der Waals surface area contributed by atoms with Crippen molar-refractivity contribution in [2.75, 3.05) is 31.3 Å². The SMILES string of the molecule is CNC(=O)NSCCCN(C)c1ccsn1. The lowest BCUT2D eigenvalue weighted by molar-refractivity contribution is 0.248. The first-order chi connectivity index (χ1) is 7.74. The summed E-state index contributed by atoms with van der Waals surface area (Å²) in [6.07, 6.45) is 1.00. The first kappa shape index (κ1) is 13.1. The Labute approximate surface area is 104 Å². The summed E-state index contributed by atoms with van der Waals surface area (Å²) in [5.74, 6) is 1.90. The van der Waals surface area contributed by atoms with E-state index in [1.807, 2.05) is 18.5 Å². The van der Waals surface area contributed by atoms with Gasteiger partial charge in [0.05, 0.1) is 0 Å². The molecule has 5 nitrogen and oxygen atoms in total. The van der Waals surface area contributed by atoms with Crippen molar-refractivity contribution in [3.8, 4) is 0 Å². The maximum atomic E-state index is 10.8. The molecular weight excluding hydrogens is 244 g/mol. The first-order valence-corrected chi connectivity index (χ1v) is 6.77. The third kappa shape index (κ3) is 4.71. The number of anilines is 1. The molecule has 1 heterocycles. The van der Waals surface area contributed by atoms with Crippen LogP contribution in [0.15, 0.2) is 11.4 Å². The molecule has 0 fully saturated rings. The number of carbonyl (C=O) groups is 1. The van der Waals surface area contributed by atoms with Gasteiger partial charge in [0.15, 0.2) is 0 Å². The van der Waals surface area contributed by atoms with E-state index < -0.39 is 0 Å². The van der Waals surface area contributed by atoms with Crippen molar-refractivity contribution in [2.24, 2.45) is 0 Å². The number of nitrogens with zero attached hydrogens (tertiary/aromatic N) is 2. The molecule has 1 rings (SSSR count). The van der Waals surface area contributed by atoms with E-state index in [1.165, 1.54) is 23.5 Å². The summed E-state index contributed by atoms with van der Waals surface area (Å²) in [4.78, 5) is 12.9. The highest BCUT2D eigenvalue weighted by molar-refractivity contribution is 7.97. The molecule has 1 aromatic rings. The van der Waals surface area contributed by atoms with Gasteiger partial charge in [-0.1, -0.05) is 0 Å². The lowest BCUT2D eigenvalue weighted by atomic mass is 10.4. The fraction of sp³-hybridized carbons (Fsp3) is 0.556. The highest BCUT2D eigenvalue weighted by Gasteiger charge is 2.02. The van der Waals surface area contributed by atoms with E-state index in [-0.39, 0.29) is 6.03 Å². The van der Waals surface area contributed by atoms with E-state index in [1.54, 1.807) is 7.05 Å². The van der Waals surface area contributed by atoms with Gasteiger partial charge in [-0.25, -0.2) is 4.79 Å². The topological polar surface area (TPSA) is 57.3 Å². The lowest BCUT2D eigenvalue weighted by Gasteiger charge is -2.15. The van der Waals surface area contributed by atoms with Crippen molar-refractivity contribution in [3.63, 3.8) is 0 Å². The summed E-state index contributed by atoms with van der Waals surface area (Å²) in [6, 6.07) is 1.85. The van der Waals surface area contributed by atoms with Crippen LogP contribution in [0, 0.1) is 0 Å². The van der Waals surface area contributed by atoms with Gasteiger partial charge in [-0.15, -0.1) is 0 Å². The van der Waals surface area contributed by atoms with E-state index in [0.717, 1.165) is 24.5 Å². The second-order valence-corrected chi connectivity index (χ2v) is 4.73. The second-order valence-electron chi connectivity index (χ2n) is 3.16. The average Bonchev–Trinajstić information content (AvgIpc) is 2.81. The molecule has 0 spiro atoms. The van der Waals surface area contributed by atoms with Gasteiger partial charge in [0, 0.05) is 31.8 Å². The Bertz CT molecular complexity index is 304. The van der Waals surface area contributed by atoms with Crippen LogP contribution in [-0.4, -0.2) is 36.8 Å². The van der Waals surface area contributed by atoms with Crippen molar-refractivity contribution in [1.82, 2.24) is 14.4 Å². The van der Waals surface area contributed by atoms with Gasteiger partial charge < -0.3 is 10.2 Å². The summed E-state index contributed by atoms with van der Waals surface area (Å²) < 4.78 is 6.91. The molecule has 2 N–H and O–H groups in total. The molecule has 0 unspecified atom stereocenters. The minimum Gasteiger partial charge on any atom is -0.359 e. The number of nitrogens with one attached hydrogen (secondary N) is 2. The summed E-state index contributed by atoms with van der Waals surface area (Å²) in [7, 11) is 3.62. The van der Waals surface area contributed by atoms with Crippen molar-refractivity contribution in [3.05, 3.63) is 11.4 Å². The van der Waals surface area contributed by atoms with Crippen LogP contribution < -0.4 is 14.9 Å². The van der Waals surface area contributed by atoms with Crippen LogP contribution in [0.2, 0.25) is 0 Å². The molecule has 90 valence electrons. The Hall–Kier alpha value is -0.950. The summed E-state index contributed by atoms with van der Waals surface area (Å²) in [5.41, 5.74) is 0. The van der Waals surface area contributed by atoms with E-state index in [2.05, 4.69) is 19.3 Å². The van der Waals surface area contributed by atoms with Gasteiger partial charge in [-0.3, -0.25) is 4.72 Å². The molecule has 0 radical (unpaired) electrons. The number of hydrogen-bond donors (Lipinski definition) is 2. The molecular formula is C9H16N4OS2. The first-order valence-electron chi connectivity index (χ1n) is 4.95. The predicted molar refractivity (Wildman–Crippen MR) is 70.1 cm³/mol. The highest BCUT2D eigenvalue weighted by atomic mass is 32.2. The summed E-state index contributed by atoms with van der Waals surface area (Å²) >= 11 is 2.88. The van der Waals surface area contributed by atoms with Crippen LogP contribution >= 0.6 is 23.5 Å². The molecule has 0 aromatic carbocycles. The van der Waals surface area contributed by atoms with E-state index >= 15 is 0 Å². The van der Waals surface area contributed by atoms with Gasteiger partial charge in [-0.05, 0) is 36.0 Å². The second kappa shape index (κ2) is 7.34. The van der Waals surface area contributed by atoms with Crippen molar-refractivity contribution >= 4 is 35.3 Å². The number of carbonyl (C=O) groups excluding carboxylic acids is 1. The number of aromatic nitrogens is 1. The zero-order valence-electron chi connectivity index (χ0n) is 9.40. The number of hydrogen-bond acceptors (Lipinski definition) is 5. The van der Waals surface area contributed by atoms with Crippen molar-refractivity contribution < 1.29 is 4.79 Å². The number of rotatable bonds is 6. The van der Waals surface area contributed by atoms with Crippen LogP contribution in [0.1, 0.15) is 6.42 Å². The molecule has 1 aromatic heterocycles. The van der Waals surface area contributed by atoms with Crippen LogP contribution in [0.25, 0.3) is 0 Å². The van der Waals surface area contributed by atoms with E-state index in [9.17, 15) is 4.79 Å². The molecule has 0 aliphatic carbocycles. The average molecular weight is 260 g/mol. The molecule has 0 saturated heterocycles. The largest absolute Gasteiger partial charge is 0.359 e. The molecule has 0 aliphatic rings. The zero-order valence-corrected chi connectivity index (χ0v) is 11.0. The smallest absolute Gasteiger partial charge is 0.324 e. The summed E-state index contributed by atoms with van der Waals surface area (Å²) in [5, 5.41) is 4.46. The normalized spacial score (nSPS) is 9.88. The minimum absolute atomic E-state index is 0.155. The Morgan fingerprint density at radius 3 is 3.12 bits per heavy atom. The molecule has 7 heteroatoms. The predicted octanol–water partition coefficient (Wildman–Crippen LogP) is 1.55. The monoisotopic (exact) mass is 260 g/mol. The van der Waals surface area contributed by atoms with Crippen LogP contribution in [0.3, 0.4) is 0 Å². The molecule has 0 aliphatic heterocycles. The summed E-state index contributed by atoms with van der Waals surface area (Å²) in [6.45, 7) is 0.937. The maximum absolute atomic E-state index is 10.8. The fourth-order valence-corrected chi connectivity index (χ4v) is 2.22. The van der Waals surface area contributed by atoms with Gasteiger partial charge in [0.2, 0.25) is 0 Å². The Balaban J connectivity index is 2.05. The third-order valence-corrected chi connectivity index (χ3v) is 3.32. The van der Waals surface area contributed by atoms with E-state index in [4.69, 9.17) is 0 Å². The third-order valence-electron chi connectivity index (χ3n) is 1.95. The number of amides is 2. The zero-order chi connectivity index (χ0) is 11.8. The van der Waals surface area contributed by atoms with Crippen LogP contribution in [0.5, 0.6) is 0 Å². The molecule has 2 amide bonds. The van der Waals surface area contributed by atoms with Gasteiger partial charge in [0.1, 0.15) is 5.82 Å². The minimum atomic E-state index is -0.155. The molecule has 0 atom stereocenters. The van der Waals surface area contributed by atoms with Crippen LogP contribution in [-0.2, 0) is 0 Å². The maximum Gasteiger partial charge on any atom is 0.324 e. The lowest BCUT2D eigenvalue weighted by Crippen LogP contribution is -2.28. The van der Waals surface area contributed by atoms with E-state index in [0.29, 0.717) is 0 Å². The van der Waals surface area contributed by atoms with Crippen LogP contribution in [0.4, 0.5) is 10.6 Å². The van der Waals surface area contributed by atoms with Gasteiger partial charge in [0.25, 0.3) is 0 Å². The Morgan fingerprint density at radius 1 is 1.69 bits per heavy atom. The van der Waals surface area contributed by atoms with Gasteiger partial charge in [-0.2, -0.15) is 4.37 Å². The quantitative estimate of drug-likeness (QED) is 0.602. The van der Waals surface area contributed by atoms with Gasteiger partial charge >= 0.3 is 6.03 Å². The highest BCUT2D eigenvalue weighted by Crippen LogP contribution is 2.11. The standard InChI is InChI=1S/C9H16N4OS2/c1-10-9(14)12-15-6-3-5-13(2)8-4-7-16-11-8/h4,7H,3,5-6H2,1-2H3,(H2,10,12,14). The molecule has 0 bridgehead atoms. The fourth-order valence-electron chi connectivity index (χ4n) is 1.06. The van der Waals surface area contributed by atoms with Crippen molar-refractivity contribution in [2.45, 2.75) is 6.42 Å².